The molecule has 0 aromatic heterocycles. The number of benzene rings is 1. The van der Waals surface area contributed by atoms with E-state index in [0.29, 0.717) is 22.9 Å². The molecular weight excluding hydrogens is 288 g/mol. The summed E-state index contributed by atoms with van der Waals surface area (Å²) in [6.07, 6.45) is 2.53. The van der Waals surface area contributed by atoms with Crippen molar-refractivity contribution in [2.24, 2.45) is 5.92 Å². The number of nitrogens with one attached hydrogen (secondary N) is 2. The Labute approximate surface area is 126 Å². The zero-order valence-corrected chi connectivity index (χ0v) is 13.1. The summed E-state index contributed by atoms with van der Waals surface area (Å²) in [6, 6.07) is 6.35. The van der Waals surface area contributed by atoms with Gasteiger partial charge in [-0.2, -0.15) is 0 Å². The van der Waals surface area contributed by atoms with E-state index >= 15 is 0 Å². The number of anilines is 1. The molecule has 2 N–H and O–H groups in total. The zero-order chi connectivity index (χ0) is 15.3. The third-order valence-corrected chi connectivity index (χ3v) is 5.57. The second kappa shape index (κ2) is 7.04. The van der Waals surface area contributed by atoms with Gasteiger partial charge in [0.15, 0.2) is 9.84 Å². The zero-order valence-electron chi connectivity index (χ0n) is 12.3. The lowest BCUT2D eigenvalue weighted by Gasteiger charge is -2.09. The van der Waals surface area contributed by atoms with E-state index in [0.717, 1.165) is 25.9 Å². The predicted octanol–water partition coefficient (Wildman–Crippen LogP) is 1.81. The lowest BCUT2D eigenvalue weighted by molar-refractivity contribution is -0.116. The van der Waals surface area contributed by atoms with Crippen molar-refractivity contribution in [3.63, 3.8) is 0 Å². The second-order valence-corrected chi connectivity index (χ2v) is 7.65. The molecule has 2 rings (SSSR count). The van der Waals surface area contributed by atoms with Crippen molar-refractivity contribution in [2.45, 2.75) is 31.1 Å². The van der Waals surface area contributed by atoms with Crippen molar-refractivity contribution in [3.05, 3.63) is 24.3 Å². The van der Waals surface area contributed by atoms with Crippen LogP contribution in [0.2, 0.25) is 0 Å². The number of hydrogen-bond acceptors (Lipinski definition) is 4. The molecule has 1 heterocycles. The van der Waals surface area contributed by atoms with Gasteiger partial charge in [0.25, 0.3) is 0 Å². The first-order chi connectivity index (χ1) is 10.0. The Hall–Kier alpha value is -1.40. The number of sulfone groups is 1. The fourth-order valence-corrected chi connectivity index (χ4v) is 3.32. The molecule has 116 valence electrons. The molecule has 1 amide bonds. The van der Waals surface area contributed by atoms with Gasteiger partial charge in [-0.05, 0) is 56.1 Å². The topological polar surface area (TPSA) is 75.3 Å². The third kappa shape index (κ3) is 4.54. The van der Waals surface area contributed by atoms with E-state index in [9.17, 15) is 13.2 Å². The minimum absolute atomic E-state index is 0.0204. The highest BCUT2D eigenvalue weighted by molar-refractivity contribution is 7.91. The maximum Gasteiger partial charge on any atom is 0.224 e. The molecule has 1 fully saturated rings. The van der Waals surface area contributed by atoms with Crippen LogP contribution in [0.4, 0.5) is 5.69 Å². The molecule has 0 radical (unpaired) electrons. The van der Waals surface area contributed by atoms with Crippen molar-refractivity contribution in [2.75, 3.05) is 24.2 Å². The fraction of sp³-hybridized carbons (Fsp3) is 0.533. The molecular formula is C15H22N2O3S. The summed E-state index contributed by atoms with van der Waals surface area (Å²) in [7, 11) is -3.18. The molecule has 0 saturated carbocycles. The maximum atomic E-state index is 11.9. The lowest BCUT2D eigenvalue weighted by Crippen LogP contribution is -2.15. The minimum atomic E-state index is -3.18. The van der Waals surface area contributed by atoms with Gasteiger partial charge in [0.05, 0.1) is 10.6 Å². The van der Waals surface area contributed by atoms with Crippen LogP contribution in [0.15, 0.2) is 29.2 Å². The number of amides is 1. The molecule has 1 atom stereocenters. The number of rotatable bonds is 6. The van der Waals surface area contributed by atoms with Gasteiger partial charge in [0, 0.05) is 12.1 Å². The minimum Gasteiger partial charge on any atom is -0.326 e. The number of carbonyl (C=O) groups is 1. The molecule has 1 saturated heterocycles. The number of hydrogen-bond donors (Lipinski definition) is 2. The highest BCUT2D eigenvalue weighted by atomic mass is 32.2. The SMILES string of the molecule is CCS(=O)(=O)c1ccc(NC(=O)CCC2CCNC2)cc1. The van der Waals surface area contributed by atoms with Crippen molar-refractivity contribution in [1.29, 1.82) is 0 Å². The van der Waals surface area contributed by atoms with Crippen LogP contribution >= 0.6 is 0 Å². The normalized spacial score (nSPS) is 18.6. The van der Waals surface area contributed by atoms with Crippen LogP contribution in [0.3, 0.4) is 0 Å². The maximum absolute atomic E-state index is 11.9. The van der Waals surface area contributed by atoms with Gasteiger partial charge in [0.1, 0.15) is 0 Å². The molecule has 5 nitrogen and oxygen atoms in total. The van der Waals surface area contributed by atoms with E-state index < -0.39 is 9.84 Å². The Morgan fingerprint density at radius 3 is 2.62 bits per heavy atom. The molecule has 1 aliphatic heterocycles. The highest BCUT2D eigenvalue weighted by Gasteiger charge is 2.16. The summed E-state index contributed by atoms with van der Waals surface area (Å²) in [4.78, 5) is 12.1. The first-order valence-corrected chi connectivity index (χ1v) is 9.00. The van der Waals surface area contributed by atoms with Crippen LogP contribution in [0.5, 0.6) is 0 Å². The van der Waals surface area contributed by atoms with Gasteiger partial charge in [0.2, 0.25) is 5.91 Å². The molecule has 1 unspecified atom stereocenters. The average molecular weight is 310 g/mol. The molecule has 6 heteroatoms. The quantitative estimate of drug-likeness (QED) is 0.840. The predicted molar refractivity (Wildman–Crippen MR) is 83.0 cm³/mol. The Morgan fingerprint density at radius 2 is 2.05 bits per heavy atom. The van der Waals surface area contributed by atoms with Gasteiger partial charge < -0.3 is 10.6 Å². The van der Waals surface area contributed by atoms with Crippen molar-refractivity contribution in [1.82, 2.24) is 5.32 Å². The van der Waals surface area contributed by atoms with Crippen LogP contribution in [-0.4, -0.2) is 33.2 Å². The van der Waals surface area contributed by atoms with Gasteiger partial charge in [-0.3, -0.25) is 4.79 Å². The molecule has 0 bridgehead atoms. The first-order valence-electron chi connectivity index (χ1n) is 7.34. The van der Waals surface area contributed by atoms with Crippen LogP contribution in [-0.2, 0) is 14.6 Å². The first kappa shape index (κ1) is 16.0. The molecule has 0 spiro atoms. The molecule has 1 aliphatic rings. The summed E-state index contributed by atoms with van der Waals surface area (Å²) in [5.74, 6) is 0.648. The highest BCUT2D eigenvalue weighted by Crippen LogP contribution is 2.17. The fourth-order valence-electron chi connectivity index (χ4n) is 2.43. The Morgan fingerprint density at radius 1 is 1.33 bits per heavy atom. The van der Waals surface area contributed by atoms with Gasteiger partial charge in [-0.25, -0.2) is 8.42 Å². The summed E-state index contributed by atoms with van der Waals surface area (Å²) in [6.45, 7) is 3.65. The smallest absolute Gasteiger partial charge is 0.224 e. The second-order valence-electron chi connectivity index (χ2n) is 5.37. The van der Waals surface area contributed by atoms with Gasteiger partial charge in [-0.15, -0.1) is 0 Å². The average Bonchev–Trinajstić information content (AvgIpc) is 2.99. The third-order valence-electron chi connectivity index (χ3n) is 3.82. The van der Waals surface area contributed by atoms with E-state index in [1.807, 2.05) is 0 Å². The van der Waals surface area contributed by atoms with E-state index in [1.54, 1.807) is 19.1 Å². The Bertz CT molecular complexity index is 575. The summed E-state index contributed by atoms with van der Waals surface area (Å²) >= 11 is 0. The van der Waals surface area contributed by atoms with Crippen LogP contribution in [0.1, 0.15) is 26.2 Å². The molecule has 1 aromatic carbocycles. The summed E-state index contributed by atoms with van der Waals surface area (Å²) in [5, 5.41) is 6.09. The number of carbonyl (C=O) groups excluding carboxylic acids is 1. The van der Waals surface area contributed by atoms with Gasteiger partial charge in [-0.1, -0.05) is 6.92 Å². The van der Waals surface area contributed by atoms with E-state index in [2.05, 4.69) is 10.6 Å². The molecule has 0 aliphatic carbocycles. The Balaban J connectivity index is 1.86. The van der Waals surface area contributed by atoms with Crippen LogP contribution in [0, 0.1) is 5.92 Å². The van der Waals surface area contributed by atoms with Crippen molar-refractivity contribution in [3.8, 4) is 0 Å². The monoisotopic (exact) mass is 310 g/mol. The Kier molecular flexibility index (Phi) is 5.36. The largest absolute Gasteiger partial charge is 0.326 e. The van der Waals surface area contributed by atoms with Crippen molar-refractivity contribution >= 4 is 21.4 Å². The van der Waals surface area contributed by atoms with E-state index in [-0.39, 0.29) is 11.7 Å². The lowest BCUT2D eigenvalue weighted by atomic mass is 10.0. The van der Waals surface area contributed by atoms with Crippen LogP contribution in [0.25, 0.3) is 0 Å². The van der Waals surface area contributed by atoms with Crippen molar-refractivity contribution < 1.29 is 13.2 Å². The molecule has 21 heavy (non-hydrogen) atoms. The van der Waals surface area contributed by atoms with Crippen LogP contribution < -0.4 is 10.6 Å². The van der Waals surface area contributed by atoms with E-state index in [4.69, 9.17) is 0 Å². The summed E-state index contributed by atoms with van der Waals surface area (Å²) < 4.78 is 23.4. The standard InChI is InChI=1S/C15H22N2O3S/c1-2-21(19,20)14-6-4-13(5-7-14)17-15(18)8-3-12-9-10-16-11-12/h4-7,12,16H,2-3,8-11H2,1H3,(H,17,18). The van der Waals surface area contributed by atoms with Gasteiger partial charge >= 0.3 is 0 Å². The molecule has 1 aromatic rings. The summed E-state index contributed by atoms with van der Waals surface area (Å²) in [5.41, 5.74) is 0.639. The van der Waals surface area contributed by atoms with E-state index in [1.165, 1.54) is 12.1 Å².